The zero-order valence-corrected chi connectivity index (χ0v) is 14.2. The summed E-state index contributed by atoms with van der Waals surface area (Å²) in [6.45, 7) is 1.55. The predicted molar refractivity (Wildman–Crippen MR) is 90.0 cm³/mol. The molecule has 1 heterocycles. The van der Waals surface area contributed by atoms with Crippen LogP contribution in [0.25, 0.3) is 11.5 Å². The molecule has 134 valence electrons. The first-order chi connectivity index (χ1) is 12.4. The van der Waals surface area contributed by atoms with E-state index in [1.807, 2.05) is 0 Å². The molecule has 0 aliphatic rings. The van der Waals surface area contributed by atoms with Gasteiger partial charge in [0.2, 0.25) is 11.8 Å². The minimum absolute atomic E-state index is 0.117. The Bertz CT molecular complexity index is 931. The Labute approximate surface area is 150 Å². The average Bonchev–Trinajstić information content (AvgIpc) is 3.07. The molecule has 1 aromatic heterocycles. The number of thioether (sulfide) groups is 1. The fourth-order valence-corrected chi connectivity index (χ4v) is 2.68. The van der Waals surface area contributed by atoms with Crippen molar-refractivity contribution < 1.29 is 22.4 Å². The Morgan fingerprint density at radius 3 is 2.50 bits per heavy atom. The van der Waals surface area contributed by atoms with Crippen LogP contribution in [0.4, 0.5) is 18.9 Å². The second-order valence-corrected chi connectivity index (χ2v) is 6.55. The Morgan fingerprint density at radius 2 is 1.77 bits per heavy atom. The van der Waals surface area contributed by atoms with Gasteiger partial charge in [0.25, 0.3) is 5.22 Å². The second kappa shape index (κ2) is 7.61. The topological polar surface area (TPSA) is 68.0 Å². The van der Waals surface area contributed by atoms with Crippen molar-refractivity contribution in [2.45, 2.75) is 17.4 Å². The predicted octanol–water partition coefficient (Wildman–Crippen LogP) is 4.27. The van der Waals surface area contributed by atoms with E-state index in [4.69, 9.17) is 4.42 Å². The third-order valence-electron chi connectivity index (χ3n) is 3.33. The number of hydrogen-bond donors (Lipinski definition) is 1. The Morgan fingerprint density at radius 1 is 1.08 bits per heavy atom. The van der Waals surface area contributed by atoms with E-state index < -0.39 is 28.6 Å². The number of rotatable bonds is 5. The maximum Gasteiger partial charge on any atom is 0.277 e. The quantitative estimate of drug-likeness (QED) is 0.671. The minimum Gasteiger partial charge on any atom is -0.411 e. The van der Waals surface area contributed by atoms with Gasteiger partial charge in [0.15, 0.2) is 0 Å². The van der Waals surface area contributed by atoms with Crippen molar-refractivity contribution in [3.05, 3.63) is 59.9 Å². The van der Waals surface area contributed by atoms with Crippen molar-refractivity contribution in [2.75, 3.05) is 5.32 Å². The molecule has 0 fully saturated rings. The van der Waals surface area contributed by atoms with Gasteiger partial charge in [0.05, 0.1) is 10.9 Å². The molecule has 5 nitrogen and oxygen atoms in total. The number of nitrogens with one attached hydrogen (secondary N) is 1. The highest BCUT2D eigenvalue weighted by atomic mass is 32.2. The van der Waals surface area contributed by atoms with Crippen molar-refractivity contribution in [3.8, 4) is 11.5 Å². The van der Waals surface area contributed by atoms with Gasteiger partial charge in [0.1, 0.15) is 17.5 Å². The van der Waals surface area contributed by atoms with E-state index in [0.29, 0.717) is 5.56 Å². The van der Waals surface area contributed by atoms with Gasteiger partial charge >= 0.3 is 0 Å². The van der Waals surface area contributed by atoms with E-state index in [0.717, 1.165) is 30.0 Å². The van der Waals surface area contributed by atoms with Gasteiger partial charge < -0.3 is 9.73 Å². The molecule has 1 atom stereocenters. The van der Waals surface area contributed by atoms with Crippen molar-refractivity contribution in [3.63, 3.8) is 0 Å². The number of anilines is 1. The lowest BCUT2D eigenvalue weighted by molar-refractivity contribution is -0.115. The van der Waals surface area contributed by atoms with Crippen LogP contribution in [0.2, 0.25) is 0 Å². The summed E-state index contributed by atoms with van der Waals surface area (Å²) in [5.41, 5.74) is 0.282. The lowest BCUT2D eigenvalue weighted by atomic mass is 10.2. The summed E-state index contributed by atoms with van der Waals surface area (Å²) < 4.78 is 45.1. The maximum atomic E-state index is 13.6. The van der Waals surface area contributed by atoms with Gasteiger partial charge in [-0.3, -0.25) is 4.79 Å². The molecule has 2 aromatic carbocycles. The number of carbonyl (C=O) groups excluding carboxylic acids is 1. The first-order valence-electron chi connectivity index (χ1n) is 7.44. The molecule has 26 heavy (non-hydrogen) atoms. The molecule has 9 heteroatoms. The average molecular weight is 379 g/mol. The highest BCUT2D eigenvalue weighted by Gasteiger charge is 2.20. The van der Waals surface area contributed by atoms with Gasteiger partial charge in [-0.25, -0.2) is 13.2 Å². The van der Waals surface area contributed by atoms with Crippen LogP contribution in [-0.4, -0.2) is 21.4 Å². The molecule has 0 bridgehead atoms. The van der Waals surface area contributed by atoms with Crippen LogP contribution in [0.15, 0.2) is 52.1 Å². The summed E-state index contributed by atoms with van der Waals surface area (Å²) in [4.78, 5) is 12.1. The number of halogens is 3. The fourth-order valence-electron chi connectivity index (χ4n) is 2.00. The lowest BCUT2D eigenvalue weighted by Crippen LogP contribution is -2.23. The molecule has 1 amide bonds. The SMILES string of the molecule is C[C@H](Sc1nnc(-c2ccc(F)cc2)o1)C(=O)Nc1cc(F)ccc1F. The van der Waals surface area contributed by atoms with Crippen LogP contribution in [0, 0.1) is 17.5 Å². The third kappa shape index (κ3) is 4.23. The number of nitrogens with zero attached hydrogens (tertiary/aromatic N) is 2. The maximum absolute atomic E-state index is 13.6. The van der Waals surface area contributed by atoms with Gasteiger partial charge in [-0.15, -0.1) is 10.2 Å². The zero-order valence-electron chi connectivity index (χ0n) is 13.4. The van der Waals surface area contributed by atoms with Crippen molar-refractivity contribution in [2.24, 2.45) is 0 Å². The minimum atomic E-state index is -0.742. The zero-order chi connectivity index (χ0) is 18.7. The van der Waals surface area contributed by atoms with Crippen molar-refractivity contribution >= 4 is 23.4 Å². The van der Waals surface area contributed by atoms with E-state index in [-0.39, 0.29) is 16.8 Å². The van der Waals surface area contributed by atoms with Crippen LogP contribution in [0.5, 0.6) is 0 Å². The third-order valence-corrected chi connectivity index (χ3v) is 4.26. The molecular formula is C17H12F3N3O2S. The highest BCUT2D eigenvalue weighted by Crippen LogP contribution is 2.27. The molecule has 0 aliphatic heterocycles. The first-order valence-corrected chi connectivity index (χ1v) is 8.32. The smallest absolute Gasteiger partial charge is 0.277 e. The molecule has 0 radical (unpaired) electrons. The summed E-state index contributed by atoms with van der Waals surface area (Å²) >= 11 is 0.957. The molecule has 3 aromatic rings. The standard InChI is InChI=1S/C17H12F3N3O2S/c1-9(15(24)21-14-8-12(19)6-7-13(14)20)26-17-23-22-16(25-17)10-2-4-11(18)5-3-10/h2-9H,1H3,(H,21,24)/t9-/m0/s1. The van der Waals surface area contributed by atoms with Gasteiger partial charge in [-0.1, -0.05) is 11.8 Å². The summed E-state index contributed by atoms with van der Waals surface area (Å²) in [6.07, 6.45) is 0. The molecule has 0 unspecified atom stereocenters. The Kier molecular flexibility index (Phi) is 5.27. The van der Waals surface area contributed by atoms with Crippen molar-refractivity contribution in [1.29, 1.82) is 0 Å². The summed E-state index contributed by atoms with van der Waals surface area (Å²) in [6, 6.07) is 8.27. The monoisotopic (exact) mass is 379 g/mol. The second-order valence-electron chi connectivity index (χ2n) is 5.25. The summed E-state index contributed by atoms with van der Waals surface area (Å²) in [7, 11) is 0. The van der Waals surface area contributed by atoms with Crippen molar-refractivity contribution in [1.82, 2.24) is 10.2 Å². The molecule has 1 N–H and O–H groups in total. The number of aromatic nitrogens is 2. The normalized spacial score (nSPS) is 12.0. The van der Waals surface area contributed by atoms with Gasteiger partial charge in [0, 0.05) is 11.6 Å². The first kappa shape index (κ1) is 18.0. The highest BCUT2D eigenvalue weighted by molar-refractivity contribution is 8.00. The molecule has 3 rings (SSSR count). The number of benzene rings is 2. The van der Waals surface area contributed by atoms with Crippen LogP contribution < -0.4 is 5.32 Å². The fraction of sp³-hybridized carbons (Fsp3) is 0.118. The summed E-state index contributed by atoms with van der Waals surface area (Å²) in [5.74, 6) is -2.17. The molecular weight excluding hydrogens is 367 g/mol. The Balaban J connectivity index is 1.66. The molecule has 0 saturated heterocycles. The number of carbonyl (C=O) groups is 1. The molecule has 0 aliphatic carbocycles. The number of hydrogen-bond acceptors (Lipinski definition) is 5. The van der Waals surface area contributed by atoms with Gasteiger partial charge in [-0.05, 0) is 43.3 Å². The van der Waals surface area contributed by atoms with Gasteiger partial charge in [-0.2, -0.15) is 0 Å². The van der Waals surface area contributed by atoms with Crippen LogP contribution in [-0.2, 0) is 4.79 Å². The van der Waals surface area contributed by atoms with E-state index in [1.54, 1.807) is 6.92 Å². The number of amides is 1. The van der Waals surface area contributed by atoms with Crippen LogP contribution >= 0.6 is 11.8 Å². The van der Waals surface area contributed by atoms with Crippen LogP contribution in [0.3, 0.4) is 0 Å². The van der Waals surface area contributed by atoms with Crippen LogP contribution in [0.1, 0.15) is 6.92 Å². The Hall–Kier alpha value is -2.81. The van der Waals surface area contributed by atoms with E-state index in [9.17, 15) is 18.0 Å². The molecule has 0 spiro atoms. The van der Waals surface area contributed by atoms with E-state index in [2.05, 4.69) is 15.5 Å². The lowest BCUT2D eigenvalue weighted by Gasteiger charge is -2.10. The van der Waals surface area contributed by atoms with E-state index >= 15 is 0 Å². The molecule has 0 saturated carbocycles. The largest absolute Gasteiger partial charge is 0.411 e. The summed E-state index contributed by atoms with van der Waals surface area (Å²) in [5, 5.41) is 9.37. The van der Waals surface area contributed by atoms with E-state index in [1.165, 1.54) is 24.3 Å².